The maximum Gasteiger partial charge on any atom is 0.243 e. The number of rotatable bonds is 7. The van der Waals surface area contributed by atoms with Gasteiger partial charge in [0, 0.05) is 5.25 Å². The van der Waals surface area contributed by atoms with Crippen molar-refractivity contribution in [1.82, 2.24) is 10.1 Å². The van der Waals surface area contributed by atoms with Gasteiger partial charge in [0.25, 0.3) is 0 Å². The predicted molar refractivity (Wildman–Crippen MR) is 82.4 cm³/mol. The molecule has 0 saturated heterocycles. The quantitative estimate of drug-likeness (QED) is 0.833. The van der Waals surface area contributed by atoms with Gasteiger partial charge in [0.1, 0.15) is 0 Å². The second-order valence-corrected chi connectivity index (χ2v) is 7.28. The summed E-state index contributed by atoms with van der Waals surface area (Å²) in [6.45, 7) is 0. The van der Waals surface area contributed by atoms with Crippen LogP contribution in [0.2, 0.25) is 0 Å². The Labute approximate surface area is 123 Å². The lowest BCUT2D eigenvalue weighted by Gasteiger charge is -2.19. The average molecular weight is 301 g/mol. The number of aromatic nitrogens is 2. The normalized spacial score (nSPS) is 18.6. The molecule has 1 aliphatic rings. The van der Waals surface area contributed by atoms with E-state index in [1.54, 1.807) is 11.8 Å². The molecule has 0 aromatic carbocycles. The van der Waals surface area contributed by atoms with Crippen LogP contribution >= 0.6 is 23.5 Å². The van der Waals surface area contributed by atoms with Gasteiger partial charge >= 0.3 is 0 Å². The monoisotopic (exact) mass is 301 g/mol. The fourth-order valence-corrected chi connectivity index (χ4v) is 3.93. The minimum atomic E-state index is -0.117. The van der Waals surface area contributed by atoms with E-state index in [1.165, 1.54) is 32.1 Å². The van der Waals surface area contributed by atoms with Crippen molar-refractivity contribution in [2.24, 2.45) is 5.73 Å². The molecular weight excluding hydrogens is 278 g/mol. The molecule has 108 valence electrons. The first-order valence-electron chi connectivity index (χ1n) is 6.98. The molecule has 6 heteroatoms. The summed E-state index contributed by atoms with van der Waals surface area (Å²) in [5, 5.41) is 4.81. The zero-order valence-electron chi connectivity index (χ0n) is 11.5. The number of hydrogen-bond acceptors (Lipinski definition) is 6. The topological polar surface area (TPSA) is 64.9 Å². The third kappa shape index (κ3) is 5.00. The molecule has 0 amide bonds. The Hall–Kier alpha value is -0.200. The average Bonchev–Trinajstić information content (AvgIpc) is 2.92. The Morgan fingerprint density at radius 3 is 2.89 bits per heavy atom. The molecule has 4 nitrogen and oxygen atoms in total. The van der Waals surface area contributed by atoms with Crippen molar-refractivity contribution in [1.29, 1.82) is 0 Å². The summed E-state index contributed by atoms with van der Waals surface area (Å²) in [7, 11) is 0. The third-order valence-electron chi connectivity index (χ3n) is 3.43. The van der Waals surface area contributed by atoms with Crippen LogP contribution in [0.1, 0.15) is 56.3 Å². The van der Waals surface area contributed by atoms with Crippen molar-refractivity contribution in [3.05, 3.63) is 11.7 Å². The van der Waals surface area contributed by atoms with E-state index < -0.39 is 0 Å². The zero-order valence-corrected chi connectivity index (χ0v) is 13.1. The Morgan fingerprint density at radius 1 is 1.37 bits per heavy atom. The SMILES string of the molecule is CSCC[C@H](N)c1nc(CSC2CCCCC2)no1. The van der Waals surface area contributed by atoms with E-state index in [0.29, 0.717) is 5.89 Å². The van der Waals surface area contributed by atoms with E-state index in [0.717, 1.165) is 29.0 Å². The minimum Gasteiger partial charge on any atom is -0.338 e. The molecule has 0 radical (unpaired) electrons. The molecule has 19 heavy (non-hydrogen) atoms. The van der Waals surface area contributed by atoms with Gasteiger partial charge in [-0.1, -0.05) is 24.4 Å². The smallest absolute Gasteiger partial charge is 0.243 e. The van der Waals surface area contributed by atoms with Crippen LogP contribution in [0.4, 0.5) is 0 Å². The van der Waals surface area contributed by atoms with E-state index in [2.05, 4.69) is 16.4 Å². The van der Waals surface area contributed by atoms with Crippen molar-refractivity contribution in [3.63, 3.8) is 0 Å². The Morgan fingerprint density at radius 2 is 2.16 bits per heavy atom. The summed E-state index contributed by atoms with van der Waals surface area (Å²) in [5.41, 5.74) is 6.02. The standard InChI is InChI=1S/C13H23N3OS2/c1-18-8-7-11(14)13-15-12(16-17-13)9-19-10-5-3-2-4-6-10/h10-11H,2-9,14H2,1H3/t11-/m0/s1. The molecule has 0 aliphatic heterocycles. The van der Waals surface area contributed by atoms with Crippen LogP contribution < -0.4 is 5.73 Å². The van der Waals surface area contributed by atoms with Crippen LogP contribution in [0.5, 0.6) is 0 Å². The van der Waals surface area contributed by atoms with Gasteiger partial charge in [0.15, 0.2) is 5.82 Å². The van der Waals surface area contributed by atoms with E-state index in [9.17, 15) is 0 Å². The van der Waals surface area contributed by atoms with Gasteiger partial charge in [-0.05, 0) is 31.3 Å². The Bertz CT molecular complexity index is 367. The highest BCUT2D eigenvalue weighted by Gasteiger charge is 2.17. The van der Waals surface area contributed by atoms with Crippen LogP contribution in [-0.2, 0) is 5.75 Å². The van der Waals surface area contributed by atoms with E-state index in [1.807, 2.05) is 11.8 Å². The Kier molecular flexibility index (Phi) is 6.53. The molecule has 1 aliphatic carbocycles. The highest BCUT2D eigenvalue weighted by atomic mass is 32.2. The molecule has 1 atom stereocenters. The fourth-order valence-electron chi connectivity index (χ4n) is 2.27. The summed E-state index contributed by atoms with van der Waals surface area (Å²) in [6.07, 6.45) is 9.77. The fraction of sp³-hybridized carbons (Fsp3) is 0.846. The second kappa shape index (κ2) is 8.17. The first-order valence-corrected chi connectivity index (χ1v) is 9.42. The minimum absolute atomic E-state index is 0.117. The van der Waals surface area contributed by atoms with Gasteiger partial charge < -0.3 is 10.3 Å². The second-order valence-electron chi connectivity index (χ2n) is 5.01. The predicted octanol–water partition coefficient (Wildman–Crippen LogP) is 3.39. The van der Waals surface area contributed by atoms with Crippen LogP contribution in [0.15, 0.2) is 4.52 Å². The number of hydrogen-bond donors (Lipinski definition) is 1. The lowest BCUT2D eigenvalue weighted by atomic mass is 10.0. The first kappa shape index (κ1) is 15.2. The molecule has 0 spiro atoms. The molecule has 0 unspecified atom stereocenters. The summed E-state index contributed by atoms with van der Waals surface area (Å²) >= 11 is 3.75. The van der Waals surface area contributed by atoms with Crippen molar-refractivity contribution in [2.75, 3.05) is 12.0 Å². The van der Waals surface area contributed by atoms with Gasteiger partial charge in [0.2, 0.25) is 5.89 Å². The molecule has 1 aromatic heterocycles. The molecule has 1 fully saturated rings. The van der Waals surface area contributed by atoms with Crippen LogP contribution in [-0.4, -0.2) is 27.4 Å². The lowest BCUT2D eigenvalue weighted by Crippen LogP contribution is -2.11. The van der Waals surface area contributed by atoms with Gasteiger partial charge in [-0.15, -0.1) is 0 Å². The Balaban J connectivity index is 1.76. The van der Waals surface area contributed by atoms with Crippen molar-refractivity contribution in [3.8, 4) is 0 Å². The van der Waals surface area contributed by atoms with Crippen LogP contribution in [0.3, 0.4) is 0 Å². The van der Waals surface area contributed by atoms with Crippen LogP contribution in [0, 0.1) is 0 Å². The van der Waals surface area contributed by atoms with Gasteiger partial charge in [-0.3, -0.25) is 0 Å². The van der Waals surface area contributed by atoms with Gasteiger partial charge in [-0.2, -0.15) is 28.5 Å². The van der Waals surface area contributed by atoms with Gasteiger partial charge in [0.05, 0.1) is 11.8 Å². The maximum atomic E-state index is 6.02. The summed E-state index contributed by atoms with van der Waals surface area (Å²) in [4.78, 5) is 4.41. The van der Waals surface area contributed by atoms with E-state index in [-0.39, 0.29) is 6.04 Å². The third-order valence-corrected chi connectivity index (χ3v) is 5.45. The molecule has 2 rings (SSSR count). The zero-order chi connectivity index (χ0) is 13.5. The first-order chi connectivity index (χ1) is 9.29. The highest BCUT2D eigenvalue weighted by Crippen LogP contribution is 2.30. The summed E-state index contributed by atoms with van der Waals surface area (Å²) < 4.78 is 5.25. The highest BCUT2D eigenvalue weighted by molar-refractivity contribution is 7.99. The number of nitrogens with two attached hydrogens (primary N) is 1. The van der Waals surface area contributed by atoms with Crippen LogP contribution in [0.25, 0.3) is 0 Å². The van der Waals surface area contributed by atoms with Crippen molar-refractivity contribution in [2.45, 2.75) is 55.6 Å². The largest absolute Gasteiger partial charge is 0.338 e. The summed E-state index contributed by atoms with van der Waals surface area (Å²) in [6, 6.07) is -0.117. The summed E-state index contributed by atoms with van der Waals surface area (Å²) in [5.74, 6) is 3.26. The molecular formula is C13H23N3OS2. The molecule has 1 aromatic rings. The molecule has 0 bridgehead atoms. The van der Waals surface area contributed by atoms with E-state index >= 15 is 0 Å². The molecule has 1 heterocycles. The number of nitrogens with zero attached hydrogens (tertiary/aromatic N) is 2. The molecule has 1 saturated carbocycles. The number of thioether (sulfide) groups is 2. The van der Waals surface area contributed by atoms with Crippen molar-refractivity contribution >= 4 is 23.5 Å². The maximum absolute atomic E-state index is 6.02. The lowest BCUT2D eigenvalue weighted by molar-refractivity contribution is 0.350. The van der Waals surface area contributed by atoms with Crippen molar-refractivity contribution < 1.29 is 4.52 Å². The molecule has 2 N–H and O–H groups in total. The van der Waals surface area contributed by atoms with E-state index in [4.69, 9.17) is 10.3 Å². The van der Waals surface area contributed by atoms with Gasteiger partial charge in [-0.25, -0.2) is 0 Å².